The fraction of sp³-hybridized carbons (Fsp3) is 0.500. The van der Waals surface area contributed by atoms with Crippen LogP contribution in [0.4, 0.5) is 11.4 Å². The molecule has 2 fully saturated rings. The molecule has 2 heterocycles. The average molecular weight is 322 g/mol. The Bertz CT molecular complexity index is 599. The maximum atomic E-state index is 12.1. The number of carbonyl (C=O) groups is 2. The minimum absolute atomic E-state index is 0.0782. The van der Waals surface area contributed by atoms with E-state index in [1.165, 1.54) is 19.3 Å². The molecule has 2 amide bonds. The highest BCUT2D eigenvalue weighted by atomic mass is 35.5. The minimum atomic E-state index is -0.424. The Kier molecular flexibility index (Phi) is 4.25. The van der Waals surface area contributed by atoms with Gasteiger partial charge < -0.3 is 15.5 Å². The second-order valence-electron chi connectivity index (χ2n) is 5.99. The van der Waals surface area contributed by atoms with Gasteiger partial charge in [0.25, 0.3) is 0 Å². The fourth-order valence-corrected chi connectivity index (χ4v) is 3.50. The first-order valence-electron chi connectivity index (χ1n) is 7.70. The second kappa shape index (κ2) is 6.16. The zero-order valence-electron chi connectivity index (χ0n) is 12.4. The number of hydrogen-bond acceptors (Lipinski definition) is 3. The Balaban J connectivity index is 1.80. The maximum absolute atomic E-state index is 12.1. The number of primary amides is 1. The average Bonchev–Trinajstić information content (AvgIpc) is 2.90. The zero-order chi connectivity index (χ0) is 15.7. The molecular weight excluding hydrogens is 302 g/mol. The van der Waals surface area contributed by atoms with Crippen LogP contribution in [0.2, 0.25) is 5.02 Å². The van der Waals surface area contributed by atoms with Crippen LogP contribution in [0.3, 0.4) is 0 Å². The number of nitrogens with two attached hydrogens (primary N) is 1. The summed E-state index contributed by atoms with van der Waals surface area (Å²) in [6.45, 7) is 2.38. The third-order valence-electron chi connectivity index (χ3n) is 4.47. The van der Waals surface area contributed by atoms with Crippen molar-refractivity contribution in [3.05, 3.63) is 23.2 Å². The molecule has 1 aromatic carbocycles. The molecule has 6 heteroatoms. The summed E-state index contributed by atoms with van der Waals surface area (Å²) in [5, 5.41) is 0.648. The first-order valence-corrected chi connectivity index (χ1v) is 8.08. The van der Waals surface area contributed by atoms with Gasteiger partial charge in [-0.2, -0.15) is 0 Å². The summed E-state index contributed by atoms with van der Waals surface area (Å²) in [5.41, 5.74) is 7.05. The van der Waals surface area contributed by atoms with Gasteiger partial charge in [-0.1, -0.05) is 11.6 Å². The number of halogens is 1. The fourth-order valence-electron chi connectivity index (χ4n) is 3.20. The lowest BCUT2D eigenvalue weighted by molar-refractivity contribution is -0.123. The van der Waals surface area contributed by atoms with Crippen LogP contribution in [0.5, 0.6) is 0 Å². The third kappa shape index (κ3) is 2.90. The molecule has 2 aliphatic rings. The van der Waals surface area contributed by atoms with Gasteiger partial charge in [-0.3, -0.25) is 9.59 Å². The second-order valence-corrected chi connectivity index (χ2v) is 6.40. The normalized spacial score (nSPS) is 22.2. The molecule has 22 heavy (non-hydrogen) atoms. The van der Waals surface area contributed by atoms with Crippen molar-refractivity contribution in [1.29, 1.82) is 0 Å². The lowest BCUT2D eigenvalue weighted by Gasteiger charge is -2.30. The van der Waals surface area contributed by atoms with Crippen LogP contribution in [-0.2, 0) is 9.59 Å². The van der Waals surface area contributed by atoms with Crippen molar-refractivity contribution in [2.45, 2.75) is 25.7 Å². The molecule has 2 aliphatic heterocycles. The van der Waals surface area contributed by atoms with Gasteiger partial charge in [0.2, 0.25) is 11.8 Å². The molecule has 2 saturated heterocycles. The number of amides is 2. The summed E-state index contributed by atoms with van der Waals surface area (Å²) in [5.74, 6) is -0.912. The molecule has 5 nitrogen and oxygen atoms in total. The molecule has 0 spiro atoms. The molecule has 3 rings (SSSR count). The van der Waals surface area contributed by atoms with Gasteiger partial charge in [0, 0.05) is 31.7 Å². The summed E-state index contributed by atoms with van der Waals surface area (Å²) < 4.78 is 0. The van der Waals surface area contributed by atoms with Crippen LogP contribution >= 0.6 is 11.6 Å². The highest BCUT2D eigenvalue weighted by Gasteiger charge is 2.34. The monoisotopic (exact) mass is 321 g/mol. The van der Waals surface area contributed by atoms with E-state index in [4.69, 9.17) is 17.3 Å². The number of piperidine rings is 1. The lowest BCUT2D eigenvalue weighted by atomic mass is 10.1. The van der Waals surface area contributed by atoms with E-state index in [0.717, 1.165) is 24.5 Å². The predicted molar refractivity (Wildman–Crippen MR) is 87.2 cm³/mol. The summed E-state index contributed by atoms with van der Waals surface area (Å²) in [4.78, 5) is 27.2. The summed E-state index contributed by atoms with van der Waals surface area (Å²) >= 11 is 6.42. The minimum Gasteiger partial charge on any atom is -0.370 e. The quantitative estimate of drug-likeness (QED) is 0.927. The number of benzene rings is 1. The molecule has 0 saturated carbocycles. The first-order chi connectivity index (χ1) is 10.6. The van der Waals surface area contributed by atoms with Gasteiger partial charge in [0.1, 0.15) is 0 Å². The molecule has 0 unspecified atom stereocenters. The highest BCUT2D eigenvalue weighted by molar-refractivity contribution is 6.33. The largest absolute Gasteiger partial charge is 0.370 e. The molecule has 0 radical (unpaired) electrons. The van der Waals surface area contributed by atoms with Crippen LogP contribution in [-0.4, -0.2) is 31.4 Å². The maximum Gasteiger partial charge on any atom is 0.227 e. The smallest absolute Gasteiger partial charge is 0.227 e. The molecule has 1 aromatic rings. The van der Waals surface area contributed by atoms with Crippen LogP contribution in [0.25, 0.3) is 0 Å². The molecular formula is C16H20ClN3O2. The van der Waals surface area contributed by atoms with E-state index in [0.29, 0.717) is 11.6 Å². The van der Waals surface area contributed by atoms with Gasteiger partial charge in [0.05, 0.1) is 16.6 Å². The van der Waals surface area contributed by atoms with Crippen molar-refractivity contribution in [1.82, 2.24) is 0 Å². The van der Waals surface area contributed by atoms with E-state index >= 15 is 0 Å². The Morgan fingerprint density at radius 2 is 1.95 bits per heavy atom. The molecule has 0 aromatic heterocycles. The molecule has 1 atom stereocenters. The van der Waals surface area contributed by atoms with Crippen LogP contribution < -0.4 is 15.5 Å². The standard InChI is InChI=1S/C16H20ClN3O2/c17-13-9-12(20-10-11(16(18)22)8-15(20)21)4-5-14(13)19-6-2-1-3-7-19/h4-5,9,11H,1-3,6-8,10H2,(H2,18,22)/t11-/m1/s1. The van der Waals surface area contributed by atoms with Crippen molar-refractivity contribution >= 4 is 34.8 Å². The first kappa shape index (κ1) is 15.2. The van der Waals surface area contributed by atoms with Crippen molar-refractivity contribution in [2.24, 2.45) is 11.7 Å². The molecule has 0 aliphatic carbocycles. The Labute approximate surface area is 135 Å². The van der Waals surface area contributed by atoms with Crippen molar-refractivity contribution < 1.29 is 9.59 Å². The summed E-state index contributed by atoms with van der Waals surface area (Å²) in [6.07, 6.45) is 3.82. The molecule has 0 bridgehead atoms. The SMILES string of the molecule is NC(=O)[C@@H]1CC(=O)N(c2ccc(N3CCCCC3)c(Cl)c2)C1. The van der Waals surface area contributed by atoms with Crippen molar-refractivity contribution in [3.63, 3.8) is 0 Å². The van der Waals surface area contributed by atoms with Crippen molar-refractivity contribution in [3.8, 4) is 0 Å². The van der Waals surface area contributed by atoms with E-state index in [1.807, 2.05) is 18.2 Å². The van der Waals surface area contributed by atoms with E-state index < -0.39 is 11.8 Å². The number of anilines is 2. The summed E-state index contributed by atoms with van der Waals surface area (Å²) in [7, 11) is 0. The Morgan fingerprint density at radius 1 is 1.23 bits per heavy atom. The number of hydrogen-bond donors (Lipinski definition) is 1. The highest BCUT2D eigenvalue weighted by Crippen LogP contribution is 2.34. The number of carbonyl (C=O) groups excluding carboxylic acids is 2. The Hall–Kier alpha value is -1.75. The van der Waals surface area contributed by atoms with Crippen molar-refractivity contribution in [2.75, 3.05) is 29.4 Å². The lowest BCUT2D eigenvalue weighted by Crippen LogP contribution is -2.30. The van der Waals surface area contributed by atoms with Gasteiger partial charge in [0.15, 0.2) is 0 Å². The topological polar surface area (TPSA) is 66.6 Å². The summed E-state index contributed by atoms with van der Waals surface area (Å²) in [6, 6.07) is 5.68. The van der Waals surface area contributed by atoms with Crippen LogP contribution in [0.15, 0.2) is 18.2 Å². The molecule has 2 N–H and O–H groups in total. The van der Waals surface area contributed by atoms with Gasteiger partial charge in [-0.15, -0.1) is 0 Å². The number of nitrogens with zero attached hydrogens (tertiary/aromatic N) is 2. The molecule has 118 valence electrons. The van der Waals surface area contributed by atoms with E-state index in [1.54, 1.807) is 4.90 Å². The van der Waals surface area contributed by atoms with E-state index in [9.17, 15) is 9.59 Å². The van der Waals surface area contributed by atoms with E-state index in [2.05, 4.69) is 4.90 Å². The third-order valence-corrected chi connectivity index (χ3v) is 4.77. The van der Waals surface area contributed by atoms with Crippen LogP contribution in [0.1, 0.15) is 25.7 Å². The predicted octanol–water partition coefficient (Wildman–Crippen LogP) is 2.17. The van der Waals surface area contributed by atoms with Gasteiger partial charge in [-0.25, -0.2) is 0 Å². The zero-order valence-corrected chi connectivity index (χ0v) is 13.2. The van der Waals surface area contributed by atoms with Gasteiger partial charge >= 0.3 is 0 Å². The van der Waals surface area contributed by atoms with Crippen LogP contribution in [0, 0.1) is 5.92 Å². The van der Waals surface area contributed by atoms with Gasteiger partial charge in [-0.05, 0) is 37.5 Å². The Morgan fingerprint density at radius 3 is 2.55 bits per heavy atom. The van der Waals surface area contributed by atoms with E-state index in [-0.39, 0.29) is 12.3 Å². The number of rotatable bonds is 3.